The quantitative estimate of drug-likeness (QED) is 0.453. The van der Waals surface area contributed by atoms with Crippen LogP contribution in [0.15, 0.2) is 12.2 Å². The molecule has 2 nitrogen and oxygen atoms in total. The second-order valence-corrected chi connectivity index (χ2v) is 4.46. The highest BCUT2D eigenvalue weighted by atomic mass is 127. The van der Waals surface area contributed by atoms with E-state index in [0.29, 0.717) is 17.9 Å². The summed E-state index contributed by atoms with van der Waals surface area (Å²) in [7, 11) is 1.68. The van der Waals surface area contributed by atoms with Gasteiger partial charge in [0.15, 0.2) is 6.29 Å². The van der Waals surface area contributed by atoms with Crippen LogP contribution in [0, 0.1) is 11.8 Å². The first-order valence-corrected chi connectivity index (χ1v) is 6.14. The molecule has 1 heterocycles. The molecule has 1 rings (SSSR count). The number of hydrogen-bond donors (Lipinski definition) is 0. The first-order valence-electron chi connectivity index (χ1n) is 4.61. The molecule has 0 aromatic carbocycles. The van der Waals surface area contributed by atoms with Crippen LogP contribution in [0.5, 0.6) is 0 Å². The minimum atomic E-state index is -0.147. The Balaban J connectivity index is 2.59. The second-order valence-electron chi connectivity index (χ2n) is 3.58. The third-order valence-electron chi connectivity index (χ3n) is 2.42. The van der Waals surface area contributed by atoms with Crippen molar-refractivity contribution in [3.8, 4) is 0 Å². The largest absolute Gasteiger partial charge is 0.352 e. The maximum Gasteiger partial charge on any atom is 0.176 e. The number of halogens is 1. The van der Waals surface area contributed by atoms with E-state index >= 15 is 0 Å². The highest BCUT2D eigenvalue weighted by Crippen LogP contribution is 2.25. The van der Waals surface area contributed by atoms with Gasteiger partial charge >= 0.3 is 0 Å². The van der Waals surface area contributed by atoms with Gasteiger partial charge in [-0.2, -0.15) is 0 Å². The normalized spacial score (nSPS) is 36.2. The summed E-state index contributed by atoms with van der Waals surface area (Å²) in [6.45, 7) is 4.41. The average molecular weight is 296 g/mol. The van der Waals surface area contributed by atoms with E-state index in [2.05, 4.69) is 42.5 Å². The van der Waals surface area contributed by atoms with E-state index in [0.717, 1.165) is 4.43 Å². The molecule has 0 unspecified atom stereocenters. The van der Waals surface area contributed by atoms with E-state index in [1.54, 1.807) is 7.11 Å². The van der Waals surface area contributed by atoms with Crippen LogP contribution in [0.4, 0.5) is 0 Å². The molecule has 0 amide bonds. The standard InChI is InChI=1S/C10H17IO2/c1-7-4-5-9(12-3)13-10(7)8(2)6-11/h4-5,7-10H,6H2,1-3H3/t7-,8-,9+,10+/m0/s1. The smallest absolute Gasteiger partial charge is 0.176 e. The Morgan fingerprint density at radius 2 is 2.23 bits per heavy atom. The minimum absolute atomic E-state index is 0.147. The fourth-order valence-corrected chi connectivity index (χ4v) is 2.08. The first kappa shape index (κ1) is 11.5. The zero-order valence-electron chi connectivity index (χ0n) is 8.37. The number of hydrogen-bond acceptors (Lipinski definition) is 2. The molecule has 1 aliphatic rings. The molecule has 0 saturated heterocycles. The Labute approximate surface area is 93.8 Å². The van der Waals surface area contributed by atoms with E-state index < -0.39 is 0 Å². The molecule has 0 aromatic rings. The van der Waals surface area contributed by atoms with Crippen LogP contribution in [0.3, 0.4) is 0 Å². The molecule has 0 fully saturated rings. The molecule has 0 saturated carbocycles. The van der Waals surface area contributed by atoms with Gasteiger partial charge in [-0.3, -0.25) is 0 Å². The minimum Gasteiger partial charge on any atom is -0.352 e. The van der Waals surface area contributed by atoms with Crippen molar-refractivity contribution in [2.45, 2.75) is 26.2 Å². The van der Waals surface area contributed by atoms with Crippen molar-refractivity contribution in [1.82, 2.24) is 0 Å². The van der Waals surface area contributed by atoms with Gasteiger partial charge in [-0.25, -0.2) is 0 Å². The summed E-state index contributed by atoms with van der Waals surface area (Å²) in [5, 5.41) is 0. The zero-order valence-corrected chi connectivity index (χ0v) is 10.5. The molecule has 13 heavy (non-hydrogen) atoms. The van der Waals surface area contributed by atoms with Crippen LogP contribution in [-0.4, -0.2) is 23.9 Å². The predicted octanol–water partition coefficient (Wildman–Crippen LogP) is 2.62. The van der Waals surface area contributed by atoms with Crippen LogP contribution >= 0.6 is 22.6 Å². The van der Waals surface area contributed by atoms with Gasteiger partial charge in [0, 0.05) is 17.5 Å². The molecule has 4 atom stereocenters. The molecule has 76 valence electrons. The molecule has 0 radical (unpaired) electrons. The number of methoxy groups -OCH3 is 1. The SMILES string of the molecule is CO[C@H]1C=C[C@H](C)[C@H]([C@@H](C)CI)O1. The lowest BCUT2D eigenvalue weighted by Gasteiger charge is -2.33. The topological polar surface area (TPSA) is 18.5 Å². The van der Waals surface area contributed by atoms with Crippen molar-refractivity contribution < 1.29 is 9.47 Å². The molecular weight excluding hydrogens is 279 g/mol. The van der Waals surface area contributed by atoms with Crippen LogP contribution in [0.2, 0.25) is 0 Å². The molecule has 1 aliphatic heterocycles. The molecule has 0 N–H and O–H groups in total. The van der Waals surface area contributed by atoms with Gasteiger partial charge in [-0.05, 0) is 12.0 Å². The summed E-state index contributed by atoms with van der Waals surface area (Å²) in [5.74, 6) is 1.08. The van der Waals surface area contributed by atoms with E-state index in [1.807, 2.05) is 6.08 Å². The van der Waals surface area contributed by atoms with Crippen LogP contribution in [0.25, 0.3) is 0 Å². The van der Waals surface area contributed by atoms with Crippen molar-refractivity contribution in [3.05, 3.63) is 12.2 Å². The number of alkyl halides is 1. The van der Waals surface area contributed by atoms with Gasteiger partial charge in [-0.1, -0.05) is 42.5 Å². The van der Waals surface area contributed by atoms with Gasteiger partial charge in [0.1, 0.15) is 0 Å². The molecule has 0 spiro atoms. The average Bonchev–Trinajstić information content (AvgIpc) is 2.17. The number of rotatable bonds is 3. The van der Waals surface area contributed by atoms with E-state index in [4.69, 9.17) is 9.47 Å². The highest BCUT2D eigenvalue weighted by Gasteiger charge is 2.28. The Hall–Kier alpha value is 0.390. The summed E-state index contributed by atoms with van der Waals surface area (Å²) >= 11 is 2.40. The lowest BCUT2D eigenvalue weighted by atomic mass is 9.93. The summed E-state index contributed by atoms with van der Waals surface area (Å²) in [4.78, 5) is 0. The van der Waals surface area contributed by atoms with E-state index in [-0.39, 0.29) is 6.29 Å². The maximum atomic E-state index is 5.79. The Bertz CT molecular complexity index is 182. The molecular formula is C10H17IO2. The first-order chi connectivity index (χ1) is 6.19. The monoisotopic (exact) mass is 296 g/mol. The van der Waals surface area contributed by atoms with Crippen LogP contribution in [0.1, 0.15) is 13.8 Å². The van der Waals surface area contributed by atoms with Crippen molar-refractivity contribution >= 4 is 22.6 Å². The zero-order chi connectivity index (χ0) is 9.84. The second kappa shape index (κ2) is 5.32. The van der Waals surface area contributed by atoms with Crippen molar-refractivity contribution in [1.29, 1.82) is 0 Å². The fourth-order valence-electron chi connectivity index (χ4n) is 1.57. The Kier molecular flexibility index (Phi) is 4.69. The highest BCUT2D eigenvalue weighted by molar-refractivity contribution is 14.1. The summed E-state index contributed by atoms with van der Waals surface area (Å²) in [5.41, 5.74) is 0. The van der Waals surface area contributed by atoms with E-state index in [1.165, 1.54) is 0 Å². The van der Waals surface area contributed by atoms with Crippen molar-refractivity contribution in [3.63, 3.8) is 0 Å². The molecule has 0 aliphatic carbocycles. The van der Waals surface area contributed by atoms with Crippen LogP contribution in [-0.2, 0) is 9.47 Å². The van der Waals surface area contributed by atoms with Gasteiger partial charge < -0.3 is 9.47 Å². The third-order valence-corrected chi connectivity index (χ3v) is 3.81. The third kappa shape index (κ3) is 2.92. The summed E-state index contributed by atoms with van der Waals surface area (Å²) in [6.07, 6.45) is 4.32. The predicted molar refractivity (Wildman–Crippen MR) is 62.0 cm³/mol. The van der Waals surface area contributed by atoms with Gasteiger partial charge in [0.25, 0.3) is 0 Å². The molecule has 0 bridgehead atoms. The Morgan fingerprint density at radius 1 is 1.54 bits per heavy atom. The van der Waals surface area contributed by atoms with Gasteiger partial charge in [0.05, 0.1) is 6.10 Å². The van der Waals surface area contributed by atoms with E-state index in [9.17, 15) is 0 Å². The van der Waals surface area contributed by atoms with Crippen molar-refractivity contribution in [2.75, 3.05) is 11.5 Å². The van der Waals surface area contributed by atoms with Crippen LogP contribution < -0.4 is 0 Å². The summed E-state index contributed by atoms with van der Waals surface area (Å²) in [6, 6.07) is 0. The fraction of sp³-hybridized carbons (Fsp3) is 0.800. The number of ether oxygens (including phenoxy) is 2. The van der Waals surface area contributed by atoms with Gasteiger partial charge in [-0.15, -0.1) is 0 Å². The van der Waals surface area contributed by atoms with Gasteiger partial charge in [0.2, 0.25) is 0 Å². The summed E-state index contributed by atoms with van der Waals surface area (Å²) < 4.78 is 12.1. The lowest BCUT2D eigenvalue weighted by molar-refractivity contribution is -0.154. The Morgan fingerprint density at radius 3 is 2.77 bits per heavy atom. The molecule has 3 heteroatoms. The van der Waals surface area contributed by atoms with Crippen molar-refractivity contribution in [2.24, 2.45) is 11.8 Å². The maximum absolute atomic E-state index is 5.79. The molecule has 0 aromatic heterocycles. The lowest BCUT2D eigenvalue weighted by Crippen LogP contribution is -2.36.